The van der Waals surface area contributed by atoms with E-state index in [2.05, 4.69) is 5.32 Å². The molecule has 2 amide bonds. The van der Waals surface area contributed by atoms with Crippen LogP contribution >= 0.6 is 0 Å². The third-order valence-corrected chi connectivity index (χ3v) is 3.30. The van der Waals surface area contributed by atoms with E-state index in [9.17, 15) is 19.8 Å². The number of likely N-dealkylation sites (N-methyl/N-ethyl adjacent to an activating group) is 1. The fourth-order valence-corrected chi connectivity index (χ4v) is 2.23. The first-order valence-corrected chi connectivity index (χ1v) is 6.87. The lowest BCUT2D eigenvalue weighted by atomic mass is 9.97. The molecule has 0 aromatic heterocycles. The van der Waals surface area contributed by atoms with Crippen molar-refractivity contribution in [3.8, 4) is 0 Å². The molecule has 0 bridgehead atoms. The van der Waals surface area contributed by atoms with Gasteiger partial charge in [-0.05, 0) is 19.9 Å². The van der Waals surface area contributed by atoms with E-state index in [1.165, 1.54) is 17.9 Å². The van der Waals surface area contributed by atoms with Gasteiger partial charge in [0.1, 0.15) is 0 Å². The van der Waals surface area contributed by atoms with Crippen LogP contribution in [0.2, 0.25) is 0 Å². The average Bonchev–Trinajstić information content (AvgIpc) is 2.41. The van der Waals surface area contributed by atoms with Crippen LogP contribution in [0.3, 0.4) is 0 Å². The van der Waals surface area contributed by atoms with Gasteiger partial charge in [0, 0.05) is 20.0 Å². The topological polar surface area (TPSA) is 125 Å². The maximum absolute atomic E-state index is 12.5. The molecule has 8 heteroatoms. The van der Waals surface area contributed by atoms with Crippen LogP contribution in [0.15, 0.2) is 11.8 Å². The van der Waals surface area contributed by atoms with Crippen molar-refractivity contribution < 1.29 is 24.5 Å². The minimum absolute atomic E-state index is 0.186. The summed E-state index contributed by atoms with van der Waals surface area (Å²) < 4.78 is 5.35. The molecule has 0 aromatic rings. The Bertz CT molecular complexity index is 420. The van der Waals surface area contributed by atoms with Crippen molar-refractivity contribution in [1.29, 1.82) is 0 Å². The van der Waals surface area contributed by atoms with E-state index in [0.29, 0.717) is 13.1 Å². The largest absolute Gasteiger partial charge is 0.478 e. The Morgan fingerprint density at radius 3 is 2.43 bits per heavy atom. The molecule has 1 rings (SSSR count). The highest BCUT2D eigenvalue weighted by Gasteiger charge is 2.41. The number of carbonyl (C=O) groups is 2. The first-order chi connectivity index (χ1) is 9.81. The number of nitrogens with two attached hydrogens (primary N) is 1. The Hall–Kier alpha value is -1.64. The van der Waals surface area contributed by atoms with Crippen LogP contribution in [-0.2, 0) is 14.3 Å². The van der Waals surface area contributed by atoms with Crippen molar-refractivity contribution in [2.75, 3.05) is 13.1 Å². The molecule has 5 N–H and O–H groups in total. The third-order valence-electron chi connectivity index (χ3n) is 3.30. The molecule has 21 heavy (non-hydrogen) atoms. The van der Waals surface area contributed by atoms with Crippen LogP contribution in [0.4, 0.5) is 0 Å². The summed E-state index contributed by atoms with van der Waals surface area (Å²) in [5.74, 6) is -0.896. The van der Waals surface area contributed by atoms with E-state index in [1.807, 2.05) is 13.8 Å². The summed E-state index contributed by atoms with van der Waals surface area (Å²) in [5, 5.41) is 21.0. The first kappa shape index (κ1) is 17.4. The minimum Gasteiger partial charge on any atom is -0.478 e. The Kier molecular flexibility index (Phi) is 6.13. The number of nitrogens with zero attached hydrogens (tertiary/aromatic N) is 1. The zero-order valence-corrected chi connectivity index (χ0v) is 12.4. The lowest BCUT2D eigenvalue weighted by Gasteiger charge is -2.37. The molecule has 1 aliphatic rings. The smallest absolute Gasteiger partial charge is 0.265 e. The Labute approximate surface area is 123 Å². The third kappa shape index (κ3) is 4.16. The molecule has 120 valence electrons. The van der Waals surface area contributed by atoms with Crippen LogP contribution < -0.4 is 11.1 Å². The number of aliphatic hydroxyl groups excluding tert-OH is 1. The molecule has 0 aromatic carbocycles. The predicted molar refractivity (Wildman–Crippen MR) is 74.7 cm³/mol. The number of hydrogen-bond donors (Lipinski definition) is 4. The highest BCUT2D eigenvalue weighted by Crippen LogP contribution is 2.21. The second-order valence-electron chi connectivity index (χ2n) is 4.80. The molecule has 0 saturated heterocycles. The van der Waals surface area contributed by atoms with Gasteiger partial charge < -0.3 is 30.9 Å². The van der Waals surface area contributed by atoms with Gasteiger partial charge in [-0.15, -0.1) is 0 Å². The molecular weight excluding hydrogens is 278 g/mol. The van der Waals surface area contributed by atoms with Crippen LogP contribution in [0, 0.1) is 0 Å². The molecule has 0 fully saturated rings. The van der Waals surface area contributed by atoms with Gasteiger partial charge in [-0.2, -0.15) is 0 Å². The van der Waals surface area contributed by atoms with E-state index in [4.69, 9.17) is 10.5 Å². The Morgan fingerprint density at radius 2 is 2.00 bits per heavy atom. The van der Waals surface area contributed by atoms with Gasteiger partial charge in [-0.1, -0.05) is 0 Å². The number of hydrogen-bond acceptors (Lipinski definition) is 6. The van der Waals surface area contributed by atoms with Crippen molar-refractivity contribution in [1.82, 2.24) is 10.2 Å². The van der Waals surface area contributed by atoms with E-state index in [0.717, 1.165) is 0 Å². The van der Waals surface area contributed by atoms with Crippen LogP contribution in [0.5, 0.6) is 0 Å². The fraction of sp³-hybridized carbons (Fsp3) is 0.692. The molecule has 0 radical (unpaired) electrons. The molecular formula is C13H23N3O5. The van der Waals surface area contributed by atoms with Gasteiger partial charge >= 0.3 is 0 Å². The summed E-state index contributed by atoms with van der Waals surface area (Å²) in [4.78, 5) is 25.3. The van der Waals surface area contributed by atoms with E-state index in [-0.39, 0.29) is 17.6 Å². The summed E-state index contributed by atoms with van der Waals surface area (Å²) in [5.41, 5.74) is 5.90. The van der Waals surface area contributed by atoms with Crippen molar-refractivity contribution in [2.45, 2.75) is 45.2 Å². The van der Waals surface area contributed by atoms with E-state index in [1.54, 1.807) is 0 Å². The number of amides is 2. The highest BCUT2D eigenvalue weighted by molar-refractivity contribution is 5.83. The van der Waals surface area contributed by atoms with Crippen molar-refractivity contribution in [2.24, 2.45) is 5.73 Å². The highest BCUT2D eigenvalue weighted by atomic mass is 16.6. The maximum atomic E-state index is 12.5. The summed E-state index contributed by atoms with van der Waals surface area (Å²) in [6.07, 6.45) is -1.66. The van der Waals surface area contributed by atoms with Gasteiger partial charge in [0.15, 0.2) is 11.9 Å². The Morgan fingerprint density at radius 1 is 1.43 bits per heavy atom. The quantitative estimate of drug-likeness (QED) is 0.448. The van der Waals surface area contributed by atoms with Crippen molar-refractivity contribution in [3.63, 3.8) is 0 Å². The molecule has 1 heterocycles. The summed E-state index contributed by atoms with van der Waals surface area (Å²) in [6.45, 7) is 5.88. The minimum atomic E-state index is -1.86. The predicted octanol–water partition coefficient (Wildman–Crippen LogP) is -1.72. The molecule has 0 spiro atoms. The maximum Gasteiger partial charge on any atom is 0.265 e. The number of rotatable bonds is 5. The average molecular weight is 301 g/mol. The van der Waals surface area contributed by atoms with Crippen LogP contribution in [0.1, 0.15) is 20.8 Å². The Balaban J connectivity index is 3.07. The molecule has 1 aliphatic heterocycles. The number of ether oxygens (including phenoxy) is 1. The van der Waals surface area contributed by atoms with Crippen molar-refractivity contribution in [3.05, 3.63) is 11.8 Å². The lowest BCUT2D eigenvalue weighted by molar-refractivity contribution is -0.149. The van der Waals surface area contributed by atoms with Gasteiger partial charge in [-0.25, -0.2) is 0 Å². The molecule has 0 saturated carbocycles. The summed E-state index contributed by atoms with van der Waals surface area (Å²) >= 11 is 0. The normalized spacial score (nSPS) is 25.1. The molecule has 8 nitrogen and oxygen atoms in total. The second-order valence-corrected chi connectivity index (χ2v) is 4.80. The summed E-state index contributed by atoms with van der Waals surface area (Å²) in [6, 6.07) is -1.53. The standard InChI is InChI=1S/C13H23N3O5/c1-4-16(5-2)12(18)11-10(15-7(3)17)8(14)6-9(21-11)13(19)20/h6,8,10-11,13,19-20H,4-5,14H2,1-3H3,(H,15,17)/t8-,10+,11+/m0/s1. The van der Waals surface area contributed by atoms with Crippen molar-refractivity contribution >= 4 is 11.8 Å². The van der Waals surface area contributed by atoms with E-state index < -0.39 is 24.5 Å². The van der Waals surface area contributed by atoms with E-state index >= 15 is 0 Å². The van der Waals surface area contributed by atoms with Crippen LogP contribution in [0.25, 0.3) is 0 Å². The molecule has 3 atom stereocenters. The fourth-order valence-electron chi connectivity index (χ4n) is 2.23. The zero-order valence-electron chi connectivity index (χ0n) is 12.4. The number of carbonyl (C=O) groups excluding carboxylic acids is 2. The van der Waals surface area contributed by atoms with Crippen LogP contribution in [-0.4, -0.2) is 64.5 Å². The SMILES string of the molecule is CCN(CC)C(=O)[C@@H]1OC(C(O)O)=C[C@H](N)[C@H]1NC(C)=O. The van der Waals surface area contributed by atoms with Gasteiger partial charge in [-0.3, -0.25) is 9.59 Å². The molecule has 0 aliphatic carbocycles. The number of aliphatic hydroxyl groups is 2. The van der Waals surface area contributed by atoms with Gasteiger partial charge in [0.25, 0.3) is 5.91 Å². The first-order valence-electron chi connectivity index (χ1n) is 6.87. The molecule has 0 unspecified atom stereocenters. The lowest BCUT2D eigenvalue weighted by Crippen LogP contribution is -2.61. The summed E-state index contributed by atoms with van der Waals surface area (Å²) in [7, 11) is 0. The zero-order chi connectivity index (χ0) is 16.2. The monoisotopic (exact) mass is 301 g/mol. The number of nitrogens with one attached hydrogen (secondary N) is 1. The van der Waals surface area contributed by atoms with Gasteiger partial charge in [0.2, 0.25) is 12.2 Å². The second kappa shape index (κ2) is 7.39. The van der Waals surface area contributed by atoms with Gasteiger partial charge in [0.05, 0.1) is 12.1 Å².